The number of carbonyl (C=O) groups excluding carboxylic acids is 2. The predicted molar refractivity (Wildman–Crippen MR) is 108 cm³/mol. The molecular weight excluding hydrogens is 382 g/mol. The molecule has 0 atom stereocenters. The Balaban J connectivity index is 1.84. The van der Waals surface area contributed by atoms with Crippen LogP contribution in [0.3, 0.4) is 0 Å². The number of carbonyl (C=O) groups is 2. The number of rotatable bonds is 8. The molecule has 0 fully saturated rings. The van der Waals surface area contributed by atoms with E-state index in [-0.39, 0.29) is 19.1 Å². The summed E-state index contributed by atoms with van der Waals surface area (Å²) in [5, 5.41) is 4.49. The molecule has 0 aliphatic rings. The number of nitrogens with zero attached hydrogens (tertiary/aromatic N) is 2. The molecule has 0 radical (unpaired) electrons. The molecule has 0 bridgehead atoms. The molecule has 2 amide bonds. The number of para-hydroxylation sites is 1. The van der Waals surface area contributed by atoms with Gasteiger partial charge >= 0.3 is 0 Å². The maximum Gasteiger partial charge on any atom is 0.277 e. The largest absolute Gasteiger partial charge is 0.484 e. The summed E-state index contributed by atoms with van der Waals surface area (Å²) in [5.74, 6) is 0.484. The van der Waals surface area contributed by atoms with E-state index in [4.69, 9.17) is 21.1 Å². The monoisotopic (exact) mass is 403 g/mol. The van der Waals surface area contributed by atoms with Gasteiger partial charge in [0.25, 0.3) is 11.8 Å². The zero-order valence-corrected chi connectivity index (χ0v) is 16.7. The van der Waals surface area contributed by atoms with Crippen molar-refractivity contribution in [1.82, 2.24) is 10.3 Å². The number of likely N-dealkylation sites (N-methyl/N-ethyl adjacent to an activating group) is 1. The van der Waals surface area contributed by atoms with Gasteiger partial charge in [0.1, 0.15) is 11.5 Å². The molecule has 7 nitrogen and oxygen atoms in total. The Morgan fingerprint density at radius 1 is 1.04 bits per heavy atom. The summed E-state index contributed by atoms with van der Waals surface area (Å²) < 4.78 is 10.8. The van der Waals surface area contributed by atoms with Gasteiger partial charge in [0.05, 0.1) is 10.7 Å². The van der Waals surface area contributed by atoms with E-state index in [0.29, 0.717) is 22.2 Å². The smallest absolute Gasteiger partial charge is 0.277 e. The van der Waals surface area contributed by atoms with E-state index in [1.165, 1.54) is 4.90 Å². The highest BCUT2D eigenvalue weighted by atomic mass is 35.5. The van der Waals surface area contributed by atoms with Crippen molar-refractivity contribution in [3.63, 3.8) is 0 Å². The Hall–Kier alpha value is -3.06. The highest BCUT2D eigenvalue weighted by Gasteiger charge is 2.07. The van der Waals surface area contributed by atoms with E-state index in [1.54, 1.807) is 69.6 Å². The van der Waals surface area contributed by atoms with Gasteiger partial charge in [-0.05, 0) is 48.9 Å². The van der Waals surface area contributed by atoms with Crippen LogP contribution in [0.5, 0.6) is 11.5 Å². The second-order valence-corrected chi connectivity index (χ2v) is 6.46. The molecule has 0 saturated heterocycles. The lowest BCUT2D eigenvalue weighted by Gasteiger charge is -2.11. The van der Waals surface area contributed by atoms with Crippen LogP contribution < -0.4 is 14.9 Å². The molecule has 0 aliphatic carbocycles. The highest BCUT2D eigenvalue weighted by molar-refractivity contribution is 6.32. The molecule has 0 unspecified atom stereocenters. The molecule has 0 spiro atoms. The fourth-order valence-electron chi connectivity index (χ4n) is 2.01. The molecule has 28 heavy (non-hydrogen) atoms. The Bertz CT molecular complexity index is 851. The van der Waals surface area contributed by atoms with Crippen LogP contribution in [0.15, 0.2) is 53.6 Å². The van der Waals surface area contributed by atoms with Crippen LogP contribution in [0, 0.1) is 0 Å². The van der Waals surface area contributed by atoms with Gasteiger partial charge in [-0.3, -0.25) is 9.59 Å². The first-order valence-electron chi connectivity index (χ1n) is 8.50. The van der Waals surface area contributed by atoms with E-state index in [0.717, 1.165) is 5.56 Å². The average molecular weight is 404 g/mol. The molecule has 1 N–H and O–H groups in total. The molecule has 0 saturated carbocycles. The van der Waals surface area contributed by atoms with Crippen molar-refractivity contribution in [1.29, 1.82) is 0 Å². The SMILES string of the molecule is C/C(=N/NC(=O)COc1ccccc1Cl)c1ccc(OCC(=O)N(C)C)cc1. The molecular formula is C20H22ClN3O4. The Kier molecular flexibility index (Phi) is 7.83. The van der Waals surface area contributed by atoms with Gasteiger partial charge in [0.15, 0.2) is 13.2 Å². The minimum Gasteiger partial charge on any atom is -0.484 e. The normalized spacial score (nSPS) is 10.9. The van der Waals surface area contributed by atoms with Crippen molar-refractivity contribution in [2.75, 3.05) is 27.3 Å². The third-order valence-electron chi connectivity index (χ3n) is 3.68. The number of hydrogen-bond acceptors (Lipinski definition) is 5. The summed E-state index contributed by atoms with van der Waals surface area (Å²) in [6.45, 7) is 1.54. The summed E-state index contributed by atoms with van der Waals surface area (Å²) in [6, 6.07) is 14.0. The maximum atomic E-state index is 11.9. The fourth-order valence-corrected chi connectivity index (χ4v) is 2.20. The van der Waals surface area contributed by atoms with Crippen LogP contribution in [-0.4, -0.2) is 49.7 Å². The van der Waals surface area contributed by atoms with Crippen molar-refractivity contribution in [3.05, 3.63) is 59.1 Å². The van der Waals surface area contributed by atoms with Crippen LogP contribution in [0.2, 0.25) is 5.02 Å². The third kappa shape index (κ3) is 6.59. The lowest BCUT2D eigenvalue weighted by Crippen LogP contribution is -2.27. The summed E-state index contributed by atoms with van der Waals surface area (Å²) in [4.78, 5) is 24.9. The number of ether oxygens (including phenoxy) is 2. The summed E-state index contributed by atoms with van der Waals surface area (Å²) in [6.07, 6.45) is 0. The number of nitrogens with one attached hydrogen (secondary N) is 1. The van der Waals surface area contributed by atoms with Crippen LogP contribution >= 0.6 is 11.6 Å². The molecule has 0 aromatic heterocycles. The van der Waals surface area contributed by atoms with E-state index in [2.05, 4.69) is 10.5 Å². The van der Waals surface area contributed by atoms with Gasteiger partial charge in [-0.2, -0.15) is 5.10 Å². The minimum atomic E-state index is -0.401. The van der Waals surface area contributed by atoms with Gasteiger partial charge in [-0.25, -0.2) is 5.43 Å². The van der Waals surface area contributed by atoms with Gasteiger partial charge in [0.2, 0.25) is 0 Å². The zero-order chi connectivity index (χ0) is 20.5. The average Bonchev–Trinajstić information content (AvgIpc) is 2.69. The van der Waals surface area contributed by atoms with Crippen LogP contribution in [-0.2, 0) is 9.59 Å². The molecule has 148 valence electrons. The van der Waals surface area contributed by atoms with Crippen molar-refractivity contribution in [2.24, 2.45) is 5.10 Å². The van der Waals surface area contributed by atoms with Crippen LogP contribution in [0.4, 0.5) is 0 Å². The standard InChI is InChI=1S/C20H22ClN3O4/c1-14(15-8-10-16(11-9-15)27-13-20(26)24(2)3)22-23-19(25)12-28-18-7-5-4-6-17(18)21/h4-11H,12-13H2,1-3H3,(H,23,25)/b22-14-. The van der Waals surface area contributed by atoms with Gasteiger partial charge in [-0.15, -0.1) is 0 Å². The molecule has 0 heterocycles. The van der Waals surface area contributed by atoms with E-state index < -0.39 is 5.91 Å². The minimum absolute atomic E-state index is 0.0269. The maximum absolute atomic E-state index is 11.9. The van der Waals surface area contributed by atoms with Crippen molar-refractivity contribution in [3.8, 4) is 11.5 Å². The summed E-state index contributed by atoms with van der Waals surface area (Å²) in [7, 11) is 3.34. The van der Waals surface area contributed by atoms with Crippen molar-refractivity contribution < 1.29 is 19.1 Å². The summed E-state index contributed by atoms with van der Waals surface area (Å²) in [5.41, 5.74) is 3.85. The fraction of sp³-hybridized carbons (Fsp3) is 0.250. The lowest BCUT2D eigenvalue weighted by molar-refractivity contribution is -0.130. The van der Waals surface area contributed by atoms with Crippen molar-refractivity contribution >= 4 is 29.1 Å². The van der Waals surface area contributed by atoms with E-state index >= 15 is 0 Å². The second kappa shape index (κ2) is 10.3. The number of hydrazone groups is 1. The number of benzene rings is 2. The highest BCUT2D eigenvalue weighted by Crippen LogP contribution is 2.22. The van der Waals surface area contributed by atoms with E-state index in [1.807, 2.05) is 0 Å². The quantitative estimate of drug-likeness (QED) is 0.543. The lowest BCUT2D eigenvalue weighted by atomic mass is 10.1. The van der Waals surface area contributed by atoms with Gasteiger partial charge in [-0.1, -0.05) is 23.7 Å². The first-order chi connectivity index (χ1) is 13.4. The first kappa shape index (κ1) is 21.2. The molecule has 0 aliphatic heterocycles. The molecule has 8 heteroatoms. The number of amides is 2. The van der Waals surface area contributed by atoms with Crippen LogP contribution in [0.1, 0.15) is 12.5 Å². The Morgan fingerprint density at radius 3 is 2.36 bits per heavy atom. The van der Waals surface area contributed by atoms with Crippen LogP contribution in [0.25, 0.3) is 0 Å². The second-order valence-electron chi connectivity index (χ2n) is 6.05. The predicted octanol–water partition coefficient (Wildman–Crippen LogP) is 2.73. The van der Waals surface area contributed by atoms with E-state index in [9.17, 15) is 9.59 Å². The summed E-state index contributed by atoms with van der Waals surface area (Å²) >= 11 is 5.97. The number of hydrogen-bond donors (Lipinski definition) is 1. The van der Waals surface area contributed by atoms with Gasteiger partial charge in [0, 0.05) is 14.1 Å². The first-order valence-corrected chi connectivity index (χ1v) is 8.88. The topological polar surface area (TPSA) is 80.2 Å². The third-order valence-corrected chi connectivity index (χ3v) is 3.99. The van der Waals surface area contributed by atoms with Gasteiger partial charge < -0.3 is 14.4 Å². The molecule has 2 aromatic rings. The Labute approximate surface area is 168 Å². The molecule has 2 rings (SSSR count). The number of halogens is 1. The Morgan fingerprint density at radius 2 is 1.71 bits per heavy atom. The van der Waals surface area contributed by atoms with Crippen molar-refractivity contribution in [2.45, 2.75) is 6.92 Å². The zero-order valence-electron chi connectivity index (χ0n) is 15.9. The molecule has 2 aromatic carbocycles.